The van der Waals surface area contributed by atoms with Gasteiger partial charge in [-0.3, -0.25) is 14.6 Å². The molecule has 0 saturated carbocycles. The van der Waals surface area contributed by atoms with E-state index in [0.717, 1.165) is 25.7 Å². The molecular formula is C24H32N2O4. The Morgan fingerprint density at radius 1 is 1.13 bits per heavy atom. The van der Waals surface area contributed by atoms with E-state index in [1.165, 1.54) is 12.5 Å². The second-order valence-electron chi connectivity index (χ2n) is 7.36. The minimum absolute atomic E-state index is 0.00544. The van der Waals surface area contributed by atoms with Crippen molar-refractivity contribution in [3.05, 3.63) is 53.3 Å². The van der Waals surface area contributed by atoms with Crippen molar-refractivity contribution in [1.82, 2.24) is 10.3 Å². The maximum atomic E-state index is 12.0. The van der Waals surface area contributed by atoms with Crippen molar-refractivity contribution in [3.8, 4) is 11.5 Å². The highest BCUT2D eigenvalue weighted by atomic mass is 16.5. The fourth-order valence-corrected chi connectivity index (χ4v) is 3.26. The van der Waals surface area contributed by atoms with Crippen LogP contribution in [0, 0.1) is 0 Å². The molecule has 0 atom stereocenters. The minimum atomic E-state index is -0.173. The number of carbonyl (C=O) groups is 2. The van der Waals surface area contributed by atoms with Gasteiger partial charge in [-0.15, -0.1) is 0 Å². The molecule has 0 spiro atoms. The molecule has 0 radical (unpaired) electrons. The lowest BCUT2D eigenvalue weighted by Crippen LogP contribution is -2.24. The molecular weight excluding hydrogens is 380 g/mol. The summed E-state index contributed by atoms with van der Waals surface area (Å²) >= 11 is 0. The first kappa shape index (κ1) is 23.4. The molecule has 0 bridgehead atoms. The number of rotatable bonds is 13. The molecule has 2 aromatic rings. The summed E-state index contributed by atoms with van der Waals surface area (Å²) in [5.74, 6) is 0.429. The summed E-state index contributed by atoms with van der Waals surface area (Å²) in [6.07, 6.45) is 8.98. The average Bonchev–Trinajstić information content (AvgIpc) is 2.73. The molecule has 2 N–H and O–H groups in total. The van der Waals surface area contributed by atoms with Gasteiger partial charge >= 0.3 is 0 Å². The minimum Gasteiger partial charge on any atom is -0.507 e. The van der Waals surface area contributed by atoms with Crippen molar-refractivity contribution >= 4 is 11.7 Å². The Balaban J connectivity index is 1.67. The van der Waals surface area contributed by atoms with Crippen LogP contribution >= 0.6 is 0 Å². The summed E-state index contributed by atoms with van der Waals surface area (Å²) in [6.45, 7) is 4.48. The molecule has 6 heteroatoms. The first-order valence-electron chi connectivity index (χ1n) is 10.7. The van der Waals surface area contributed by atoms with Gasteiger partial charge in [-0.1, -0.05) is 19.4 Å². The highest BCUT2D eigenvalue weighted by molar-refractivity contribution is 5.97. The van der Waals surface area contributed by atoms with E-state index in [1.807, 2.05) is 19.2 Å². The first-order valence-corrected chi connectivity index (χ1v) is 10.7. The topological polar surface area (TPSA) is 88.5 Å². The van der Waals surface area contributed by atoms with E-state index in [2.05, 4.69) is 16.4 Å². The van der Waals surface area contributed by atoms with E-state index < -0.39 is 0 Å². The number of aromatic hydroxyl groups is 1. The predicted octanol–water partition coefficient (Wildman–Crippen LogP) is 4.24. The maximum absolute atomic E-state index is 12.0. The van der Waals surface area contributed by atoms with Crippen molar-refractivity contribution < 1.29 is 19.4 Å². The summed E-state index contributed by atoms with van der Waals surface area (Å²) in [5, 5.41) is 13.3. The molecule has 0 unspecified atom stereocenters. The van der Waals surface area contributed by atoms with Crippen LogP contribution in [0.1, 0.15) is 67.4 Å². The van der Waals surface area contributed by atoms with Gasteiger partial charge in [0.25, 0.3) is 0 Å². The zero-order valence-electron chi connectivity index (χ0n) is 17.9. The number of nitrogens with zero attached hydrogens (tertiary/aromatic N) is 1. The van der Waals surface area contributed by atoms with Gasteiger partial charge in [-0.05, 0) is 62.8 Å². The van der Waals surface area contributed by atoms with Crippen LogP contribution in [0.5, 0.6) is 11.5 Å². The number of ketones is 1. The highest BCUT2D eigenvalue weighted by Gasteiger charge is 2.15. The largest absolute Gasteiger partial charge is 0.507 e. The number of nitrogens with one attached hydrogen (secondary N) is 1. The number of phenols is 1. The van der Waals surface area contributed by atoms with E-state index in [-0.39, 0.29) is 17.4 Å². The number of carbonyl (C=O) groups excluding carboxylic acids is 2. The van der Waals surface area contributed by atoms with Gasteiger partial charge in [0.05, 0.1) is 12.2 Å². The number of pyridine rings is 1. The van der Waals surface area contributed by atoms with Crippen LogP contribution < -0.4 is 10.1 Å². The summed E-state index contributed by atoms with van der Waals surface area (Å²) < 4.78 is 5.79. The Morgan fingerprint density at radius 2 is 1.97 bits per heavy atom. The van der Waals surface area contributed by atoms with Crippen molar-refractivity contribution in [2.24, 2.45) is 0 Å². The van der Waals surface area contributed by atoms with Crippen LogP contribution in [0.2, 0.25) is 0 Å². The molecule has 0 aliphatic heterocycles. The van der Waals surface area contributed by atoms with Crippen LogP contribution in [0.3, 0.4) is 0 Å². The molecule has 0 fully saturated rings. The number of aromatic nitrogens is 1. The molecule has 0 aliphatic rings. The molecule has 2 rings (SSSR count). The normalized spacial score (nSPS) is 10.6. The second-order valence-corrected chi connectivity index (χ2v) is 7.36. The Bertz CT molecular complexity index is 821. The number of hydrogen-bond donors (Lipinski definition) is 2. The number of hydrogen-bond acceptors (Lipinski definition) is 5. The Labute approximate surface area is 178 Å². The Hall–Kier alpha value is -2.89. The molecule has 0 aliphatic carbocycles. The fraction of sp³-hybridized carbons (Fsp3) is 0.458. The van der Waals surface area contributed by atoms with Gasteiger partial charge in [-0.25, -0.2) is 0 Å². The molecule has 162 valence electrons. The molecule has 1 aromatic carbocycles. The summed E-state index contributed by atoms with van der Waals surface area (Å²) in [7, 11) is 0. The number of Topliss-reactive ketones (excluding diaryl/α,β-unsaturated/α-hetero) is 1. The zero-order valence-corrected chi connectivity index (χ0v) is 17.9. The lowest BCUT2D eigenvalue weighted by atomic mass is 10.0. The number of ether oxygens (including phenoxy) is 1. The third-order valence-corrected chi connectivity index (χ3v) is 4.86. The number of phenolic OH excluding ortho intramolecular Hbond substituents is 1. The molecule has 1 aromatic heterocycles. The van der Waals surface area contributed by atoms with E-state index in [4.69, 9.17) is 4.74 Å². The van der Waals surface area contributed by atoms with Gasteiger partial charge in [0.2, 0.25) is 5.91 Å². The molecule has 1 heterocycles. The van der Waals surface area contributed by atoms with Gasteiger partial charge < -0.3 is 15.2 Å². The standard InChI is InChI=1S/C24H32N2O4/c1-3-8-21-22(13-12-20(18(2)27)24(21)29)30-16-7-11-23(28)26-15-5-4-9-19-10-6-14-25-17-19/h6,10,12-14,17,29H,3-5,7-9,11,15-16H2,1-2H3,(H,26,28). The predicted molar refractivity (Wildman–Crippen MR) is 117 cm³/mol. The SMILES string of the molecule is CCCc1c(OCCCC(=O)NCCCCc2cccnc2)ccc(C(C)=O)c1O. The molecule has 6 nitrogen and oxygen atoms in total. The number of aryl methyl sites for hydroxylation is 1. The third kappa shape index (κ3) is 7.50. The van der Waals surface area contributed by atoms with Gasteiger partial charge in [0, 0.05) is 30.9 Å². The van der Waals surface area contributed by atoms with Crippen molar-refractivity contribution in [2.45, 2.75) is 58.8 Å². The van der Waals surface area contributed by atoms with E-state index >= 15 is 0 Å². The zero-order chi connectivity index (χ0) is 21.8. The van der Waals surface area contributed by atoms with Crippen molar-refractivity contribution in [1.29, 1.82) is 0 Å². The first-order chi connectivity index (χ1) is 14.5. The number of benzene rings is 1. The lowest BCUT2D eigenvalue weighted by molar-refractivity contribution is -0.121. The molecule has 0 saturated heterocycles. The van der Waals surface area contributed by atoms with Gasteiger partial charge in [-0.2, -0.15) is 0 Å². The summed E-state index contributed by atoms with van der Waals surface area (Å²) in [5.41, 5.74) is 2.18. The van der Waals surface area contributed by atoms with Crippen molar-refractivity contribution in [3.63, 3.8) is 0 Å². The van der Waals surface area contributed by atoms with Crippen molar-refractivity contribution in [2.75, 3.05) is 13.2 Å². The summed E-state index contributed by atoms with van der Waals surface area (Å²) in [4.78, 5) is 27.7. The van der Waals surface area contributed by atoms with Gasteiger partial charge in [0.1, 0.15) is 11.5 Å². The van der Waals surface area contributed by atoms with E-state index in [1.54, 1.807) is 18.3 Å². The highest BCUT2D eigenvalue weighted by Crippen LogP contribution is 2.33. The van der Waals surface area contributed by atoms with E-state index in [0.29, 0.717) is 49.3 Å². The van der Waals surface area contributed by atoms with Crippen LogP contribution in [-0.2, 0) is 17.6 Å². The monoisotopic (exact) mass is 412 g/mol. The fourth-order valence-electron chi connectivity index (χ4n) is 3.26. The van der Waals surface area contributed by atoms with Crippen LogP contribution in [0.15, 0.2) is 36.7 Å². The Kier molecular flexibility index (Phi) is 9.84. The molecule has 30 heavy (non-hydrogen) atoms. The number of unbranched alkanes of at least 4 members (excludes halogenated alkanes) is 1. The Morgan fingerprint density at radius 3 is 2.67 bits per heavy atom. The van der Waals surface area contributed by atoms with Crippen LogP contribution in [0.25, 0.3) is 0 Å². The second kappa shape index (κ2) is 12.6. The molecule has 1 amide bonds. The third-order valence-electron chi connectivity index (χ3n) is 4.86. The number of amides is 1. The maximum Gasteiger partial charge on any atom is 0.220 e. The lowest BCUT2D eigenvalue weighted by Gasteiger charge is -2.14. The van der Waals surface area contributed by atoms with Gasteiger partial charge in [0.15, 0.2) is 5.78 Å². The smallest absolute Gasteiger partial charge is 0.220 e. The van der Waals surface area contributed by atoms with Crippen LogP contribution in [0.4, 0.5) is 0 Å². The van der Waals surface area contributed by atoms with Crippen LogP contribution in [-0.4, -0.2) is 34.9 Å². The average molecular weight is 413 g/mol. The van der Waals surface area contributed by atoms with E-state index in [9.17, 15) is 14.7 Å². The summed E-state index contributed by atoms with van der Waals surface area (Å²) in [6, 6.07) is 7.31. The quantitative estimate of drug-likeness (QED) is 0.379.